The largest absolute Gasteiger partial charge is 0.493 e. The van der Waals surface area contributed by atoms with Crippen LogP contribution in [0.5, 0.6) is 11.5 Å². The number of rotatable bonds is 8. The van der Waals surface area contributed by atoms with E-state index in [0.29, 0.717) is 17.3 Å². The molecule has 1 aromatic heterocycles. The van der Waals surface area contributed by atoms with E-state index in [0.717, 1.165) is 10.5 Å². The minimum absolute atomic E-state index is 0.117. The van der Waals surface area contributed by atoms with Gasteiger partial charge < -0.3 is 24.3 Å². The first-order chi connectivity index (χ1) is 13.9. The highest BCUT2D eigenvalue weighted by Crippen LogP contribution is 2.30. The summed E-state index contributed by atoms with van der Waals surface area (Å²) in [6, 6.07) is 8.07. The van der Waals surface area contributed by atoms with Crippen molar-refractivity contribution in [3.63, 3.8) is 0 Å². The average Bonchev–Trinajstić information content (AvgIpc) is 3.32. The van der Waals surface area contributed by atoms with Crippen molar-refractivity contribution in [2.75, 3.05) is 20.3 Å². The Balaban J connectivity index is 1.63. The predicted octanol–water partition coefficient (Wildman–Crippen LogP) is 2.53. The van der Waals surface area contributed by atoms with E-state index in [1.165, 1.54) is 13.4 Å². The first-order valence-corrected chi connectivity index (χ1v) is 9.18. The molecule has 0 radical (unpaired) electrons. The van der Waals surface area contributed by atoms with Gasteiger partial charge in [0.1, 0.15) is 18.5 Å². The van der Waals surface area contributed by atoms with Crippen LogP contribution in [0.15, 0.2) is 47.1 Å². The topological polar surface area (TPSA) is 101 Å². The van der Waals surface area contributed by atoms with Gasteiger partial charge >= 0.3 is 6.03 Å². The number of urea groups is 1. The minimum Gasteiger partial charge on any atom is -0.493 e. The molecule has 3 amide bonds. The fourth-order valence-electron chi connectivity index (χ4n) is 3.14. The second-order valence-electron chi connectivity index (χ2n) is 6.82. The summed E-state index contributed by atoms with van der Waals surface area (Å²) in [4.78, 5) is 26.0. The lowest BCUT2D eigenvalue weighted by Gasteiger charge is -2.21. The molecule has 2 unspecified atom stereocenters. The molecule has 8 nitrogen and oxygen atoms in total. The number of carbonyl (C=O) groups excluding carboxylic acids is 2. The van der Waals surface area contributed by atoms with Crippen LogP contribution in [0.2, 0.25) is 0 Å². The van der Waals surface area contributed by atoms with Gasteiger partial charge in [-0.15, -0.1) is 0 Å². The highest BCUT2D eigenvalue weighted by Gasteiger charge is 2.51. The lowest BCUT2D eigenvalue weighted by atomic mass is 9.99. The Hall–Kier alpha value is -3.26. The Morgan fingerprint density at radius 1 is 1.31 bits per heavy atom. The highest BCUT2D eigenvalue weighted by molar-refractivity contribution is 6.06. The summed E-state index contributed by atoms with van der Waals surface area (Å²) in [5.41, 5.74) is -0.346. The Labute approximate surface area is 168 Å². The molecular weight excluding hydrogens is 376 g/mol. The van der Waals surface area contributed by atoms with Crippen LogP contribution in [-0.4, -0.2) is 48.3 Å². The average molecular weight is 400 g/mol. The maximum Gasteiger partial charge on any atom is 0.325 e. The Morgan fingerprint density at radius 2 is 2.10 bits per heavy atom. The molecule has 2 aromatic rings. The first-order valence-electron chi connectivity index (χ1n) is 9.18. The second kappa shape index (κ2) is 8.40. The third-order valence-corrected chi connectivity index (χ3v) is 4.66. The lowest BCUT2D eigenvalue weighted by molar-refractivity contribution is -0.132. The predicted molar refractivity (Wildman–Crippen MR) is 106 cm³/mol. The molecule has 1 aliphatic heterocycles. The Morgan fingerprint density at radius 3 is 2.76 bits per heavy atom. The van der Waals surface area contributed by atoms with Crippen LogP contribution >= 0.6 is 0 Å². The summed E-state index contributed by atoms with van der Waals surface area (Å²) in [6.45, 7) is 3.15. The molecule has 0 spiro atoms. The summed E-state index contributed by atoms with van der Waals surface area (Å²) in [7, 11) is 1.53. The van der Waals surface area contributed by atoms with Gasteiger partial charge in [0.25, 0.3) is 5.91 Å². The van der Waals surface area contributed by atoms with Gasteiger partial charge in [0, 0.05) is 0 Å². The lowest BCUT2D eigenvalue weighted by Crippen LogP contribution is -2.42. The standard InChI is InChI=1S/C21H24N2O6/c1-4-6-14-8-9-16(17(11-14)27-3)29-13-15(24)12-23-19(25)21(2,22-20(23)26)18-7-5-10-28-18/h4-11,15,24H,12-13H2,1-3H3,(H,22,26)/b6-4+. The molecule has 1 aromatic carbocycles. The van der Waals surface area contributed by atoms with Gasteiger partial charge in [0.2, 0.25) is 0 Å². The summed E-state index contributed by atoms with van der Waals surface area (Å²) >= 11 is 0. The minimum atomic E-state index is -1.30. The van der Waals surface area contributed by atoms with Crippen LogP contribution in [0.1, 0.15) is 25.2 Å². The number of amides is 3. The third kappa shape index (κ3) is 4.12. The molecular formula is C21H24N2O6. The fraction of sp³-hybridized carbons (Fsp3) is 0.333. The van der Waals surface area contributed by atoms with E-state index in [2.05, 4.69) is 5.32 Å². The van der Waals surface area contributed by atoms with Crippen LogP contribution in [0.3, 0.4) is 0 Å². The zero-order valence-corrected chi connectivity index (χ0v) is 16.5. The molecule has 1 saturated heterocycles. The molecule has 0 aliphatic carbocycles. The quantitative estimate of drug-likeness (QED) is 0.661. The zero-order chi connectivity index (χ0) is 21.0. The maximum absolute atomic E-state index is 12.7. The van der Waals surface area contributed by atoms with Crippen molar-refractivity contribution in [3.8, 4) is 11.5 Å². The number of benzene rings is 1. The van der Waals surface area contributed by atoms with Crippen LogP contribution in [0, 0.1) is 0 Å². The second-order valence-corrected chi connectivity index (χ2v) is 6.82. The van der Waals surface area contributed by atoms with Crippen LogP contribution in [0.25, 0.3) is 6.08 Å². The van der Waals surface area contributed by atoms with Crippen molar-refractivity contribution < 1.29 is 28.6 Å². The van der Waals surface area contributed by atoms with Crippen LogP contribution in [0.4, 0.5) is 4.79 Å². The van der Waals surface area contributed by atoms with Crippen molar-refractivity contribution in [2.45, 2.75) is 25.5 Å². The molecule has 1 aliphatic rings. The van der Waals surface area contributed by atoms with Crippen molar-refractivity contribution in [1.29, 1.82) is 0 Å². The first kappa shape index (κ1) is 20.5. The van der Waals surface area contributed by atoms with E-state index in [-0.39, 0.29) is 13.2 Å². The van der Waals surface area contributed by atoms with Gasteiger partial charge in [-0.1, -0.05) is 18.2 Å². The maximum atomic E-state index is 12.7. The normalized spacial score (nSPS) is 20.2. The van der Waals surface area contributed by atoms with E-state index in [4.69, 9.17) is 13.9 Å². The smallest absolute Gasteiger partial charge is 0.325 e. The molecule has 154 valence electrons. The molecule has 3 rings (SSSR count). The number of methoxy groups -OCH3 is 1. The van der Waals surface area contributed by atoms with Gasteiger partial charge in [0.05, 0.1) is 19.9 Å². The number of hydrogen-bond acceptors (Lipinski definition) is 6. The molecule has 2 N–H and O–H groups in total. The molecule has 0 bridgehead atoms. The van der Waals surface area contributed by atoms with E-state index < -0.39 is 23.6 Å². The van der Waals surface area contributed by atoms with Crippen molar-refractivity contribution in [1.82, 2.24) is 10.2 Å². The van der Waals surface area contributed by atoms with Gasteiger partial charge in [-0.3, -0.25) is 9.69 Å². The van der Waals surface area contributed by atoms with Crippen LogP contribution in [-0.2, 0) is 10.3 Å². The van der Waals surface area contributed by atoms with E-state index in [1.807, 2.05) is 31.2 Å². The number of aliphatic hydroxyl groups excluding tert-OH is 1. The van der Waals surface area contributed by atoms with Crippen molar-refractivity contribution in [2.24, 2.45) is 0 Å². The van der Waals surface area contributed by atoms with Gasteiger partial charge in [-0.2, -0.15) is 0 Å². The number of imide groups is 1. The summed E-state index contributed by atoms with van der Waals surface area (Å²) in [5, 5.41) is 12.9. The number of aliphatic hydroxyl groups is 1. The number of allylic oxidation sites excluding steroid dienone is 1. The van der Waals surface area contributed by atoms with Gasteiger partial charge in [-0.25, -0.2) is 4.79 Å². The number of hydrogen-bond donors (Lipinski definition) is 2. The monoisotopic (exact) mass is 400 g/mol. The summed E-state index contributed by atoms with van der Waals surface area (Å²) in [5.74, 6) is 0.811. The molecule has 2 heterocycles. The molecule has 1 fully saturated rings. The number of nitrogens with zero attached hydrogens (tertiary/aromatic N) is 1. The molecule has 0 saturated carbocycles. The van der Waals surface area contributed by atoms with E-state index in [9.17, 15) is 14.7 Å². The van der Waals surface area contributed by atoms with Gasteiger partial charge in [0.15, 0.2) is 17.0 Å². The third-order valence-electron chi connectivity index (χ3n) is 4.66. The zero-order valence-electron chi connectivity index (χ0n) is 16.5. The van der Waals surface area contributed by atoms with Crippen molar-refractivity contribution >= 4 is 18.0 Å². The number of β-amino-alcohol motifs (C(OH)–C–C–N with tert-alkyl or cyclic N) is 1. The number of carbonyl (C=O) groups is 2. The fourth-order valence-corrected chi connectivity index (χ4v) is 3.14. The Kier molecular flexibility index (Phi) is 5.93. The number of ether oxygens (including phenoxy) is 2. The van der Waals surface area contributed by atoms with E-state index >= 15 is 0 Å². The Bertz CT molecular complexity index is 908. The van der Waals surface area contributed by atoms with Crippen molar-refractivity contribution in [3.05, 3.63) is 54.0 Å². The molecule has 8 heteroatoms. The summed E-state index contributed by atoms with van der Waals surface area (Å²) in [6.07, 6.45) is 4.19. The van der Waals surface area contributed by atoms with E-state index in [1.54, 1.807) is 25.1 Å². The SMILES string of the molecule is C/C=C/c1ccc(OCC(O)CN2C(=O)NC(C)(c3ccco3)C2=O)c(OC)c1. The molecule has 29 heavy (non-hydrogen) atoms. The number of furan rings is 1. The molecule has 2 atom stereocenters. The van der Waals surface area contributed by atoms with Crippen LogP contribution < -0.4 is 14.8 Å². The number of nitrogens with one attached hydrogen (secondary N) is 1. The summed E-state index contributed by atoms with van der Waals surface area (Å²) < 4.78 is 16.2. The highest BCUT2D eigenvalue weighted by atomic mass is 16.5. The van der Waals surface area contributed by atoms with Gasteiger partial charge in [-0.05, 0) is 43.7 Å².